The molecule has 0 fully saturated rings. The van der Waals surface area contributed by atoms with E-state index < -0.39 is 17.6 Å². The van der Waals surface area contributed by atoms with Gasteiger partial charge in [-0.2, -0.15) is 0 Å². The molecule has 5 aromatic rings. The van der Waals surface area contributed by atoms with E-state index in [4.69, 9.17) is 34.6 Å². The van der Waals surface area contributed by atoms with Crippen LogP contribution in [0.1, 0.15) is 40.3 Å². The summed E-state index contributed by atoms with van der Waals surface area (Å²) in [6, 6.07) is 38.4. The Bertz CT molecular complexity index is 2100. The lowest BCUT2D eigenvalue weighted by atomic mass is 9.80. The molecule has 12 heteroatoms. The number of methoxy groups -OCH3 is 2. The molecule has 54 heavy (non-hydrogen) atoms. The van der Waals surface area contributed by atoms with Crippen LogP contribution in [0.4, 0.5) is 0 Å². The molecular weight excluding hydrogens is 684 g/mol. The minimum Gasteiger partial charge on any atom is -0.494 e. The highest BCUT2D eigenvalue weighted by atomic mass is 16.5. The zero-order chi connectivity index (χ0) is 37.8. The van der Waals surface area contributed by atoms with E-state index in [-0.39, 0.29) is 32.0 Å². The zero-order valence-corrected chi connectivity index (χ0v) is 30.1. The molecule has 0 saturated heterocycles. The van der Waals surface area contributed by atoms with E-state index in [1.54, 1.807) is 20.3 Å². The lowest BCUT2D eigenvalue weighted by Gasteiger charge is -2.31. The van der Waals surface area contributed by atoms with Crippen LogP contribution in [0.5, 0.6) is 17.2 Å². The molecule has 12 nitrogen and oxygen atoms in total. The van der Waals surface area contributed by atoms with Crippen molar-refractivity contribution >= 4 is 11.8 Å². The average Bonchev–Trinajstić information content (AvgIpc) is 3.61. The number of amides is 1. The van der Waals surface area contributed by atoms with Gasteiger partial charge in [0.15, 0.2) is 23.1 Å². The first-order valence-electron chi connectivity index (χ1n) is 17.6. The molecule has 0 saturated carbocycles. The quantitative estimate of drug-likeness (QED) is 0.0299. The second kappa shape index (κ2) is 17.9. The zero-order valence-electron chi connectivity index (χ0n) is 30.1. The van der Waals surface area contributed by atoms with Gasteiger partial charge >= 0.3 is 0 Å². The lowest BCUT2D eigenvalue weighted by Crippen LogP contribution is -2.53. The maximum atomic E-state index is 14.8. The van der Waals surface area contributed by atoms with Crippen molar-refractivity contribution in [2.24, 2.45) is 10.1 Å². The van der Waals surface area contributed by atoms with Crippen LogP contribution >= 0.6 is 0 Å². The minimum absolute atomic E-state index is 0.0374. The van der Waals surface area contributed by atoms with E-state index in [2.05, 4.69) is 20.9 Å². The van der Waals surface area contributed by atoms with Gasteiger partial charge in [-0.15, -0.1) is 0 Å². The van der Waals surface area contributed by atoms with Gasteiger partial charge in [-0.1, -0.05) is 90.0 Å². The van der Waals surface area contributed by atoms with Gasteiger partial charge in [0.05, 0.1) is 27.4 Å². The molecule has 0 aromatic heterocycles. The second-order valence-corrected chi connectivity index (χ2v) is 12.6. The summed E-state index contributed by atoms with van der Waals surface area (Å²) in [4.78, 5) is 23.0. The van der Waals surface area contributed by atoms with Crippen LogP contribution in [-0.4, -0.2) is 49.9 Å². The molecule has 0 unspecified atom stereocenters. The number of benzene rings is 5. The van der Waals surface area contributed by atoms with Gasteiger partial charge in [0.1, 0.15) is 5.75 Å². The molecule has 1 heterocycles. The minimum atomic E-state index is -1.52. The van der Waals surface area contributed by atoms with Crippen LogP contribution in [0.25, 0.3) is 21.6 Å². The Morgan fingerprint density at radius 3 is 2.26 bits per heavy atom. The van der Waals surface area contributed by atoms with E-state index in [0.29, 0.717) is 35.8 Å². The fourth-order valence-corrected chi connectivity index (χ4v) is 6.37. The van der Waals surface area contributed by atoms with Crippen LogP contribution in [0.15, 0.2) is 131 Å². The summed E-state index contributed by atoms with van der Waals surface area (Å²) in [5.41, 5.74) is 19.5. The first-order valence-corrected chi connectivity index (χ1v) is 17.6. The summed E-state index contributed by atoms with van der Waals surface area (Å²) >= 11 is 0. The Morgan fingerprint density at radius 2 is 1.56 bits per heavy atom. The molecule has 3 N–H and O–H groups in total. The van der Waals surface area contributed by atoms with Crippen molar-refractivity contribution in [2.45, 2.75) is 37.6 Å². The Kier molecular flexibility index (Phi) is 12.4. The van der Waals surface area contributed by atoms with E-state index in [9.17, 15) is 4.79 Å². The van der Waals surface area contributed by atoms with E-state index in [0.717, 1.165) is 33.4 Å². The third kappa shape index (κ3) is 8.65. The predicted octanol–water partition coefficient (Wildman–Crippen LogP) is 7.26. The fourth-order valence-electron chi connectivity index (χ4n) is 6.37. The van der Waals surface area contributed by atoms with Crippen molar-refractivity contribution < 1.29 is 28.8 Å². The predicted molar refractivity (Wildman–Crippen MR) is 206 cm³/mol. The van der Waals surface area contributed by atoms with Crippen LogP contribution in [0.3, 0.4) is 0 Å². The molecule has 2 atom stereocenters. The largest absolute Gasteiger partial charge is 0.494 e. The van der Waals surface area contributed by atoms with Gasteiger partial charge in [0, 0.05) is 36.5 Å². The number of ether oxygens (including phenoxy) is 4. The van der Waals surface area contributed by atoms with Gasteiger partial charge in [-0.25, -0.2) is 10.4 Å². The highest BCUT2D eigenvalue weighted by molar-refractivity contribution is 6.01. The molecule has 5 aromatic carbocycles. The molecule has 1 amide bonds. The molecular formula is C42H42N6O6. The number of nitrogens with zero attached hydrogens (tertiary/aromatic N) is 4. The summed E-state index contributed by atoms with van der Waals surface area (Å²) in [5.74, 6) is 1.67. The van der Waals surface area contributed by atoms with Gasteiger partial charge in [-0.3, -0.25) is 10.2 Å². The molecule has 0 radical (unpaired) electrons. The monoisotopic (exact) mass is 726 g/mol. The molecule has 0 aliphatic carbocycles. The Labute approximate surface area is 314 Å². The van der Waals surface area contributed by atoms with Crippen molar-refractivity contribution in [3.8, 4) is 28.4 Å². The molecule has 1 aliphatic heterocycles. The van der Waals surface area contributed by atoms with Crippen molar-refractivity contribution in [1.29, 1.82) is 0 Å². The van der Waals surface area contributed by atoms with Gasteiger partial charge < -0.3 is 24.1 Å². The van der Waals surface area contributed by atoms with E-state index in [1.807, 2.05) is 115 Å². The fraction of sp³-hybridized carbons (Fsp3) is 0.238. The molecule has 0 bridgehead atoms. The van der Waals surface area contributed by atoms with Crippen molar-refractivity contribution in [3.05, 3.63) is 160 Å². The first-order chi connectivity index (χ1) is 26.5. The number of carbonyl (C=O) groups excluding carboxylic acids is 1. The second-order valence-electron chi connectivity index (χ2n) is 12.6. The number of nitrogens with one attached hydrogen (secondary N) is 2. The van der Waals surface area contributed by atoms with Crippen LogP contribution in [-0.2, 0) is 29.0 Å². The Balaban J connectivity index is 1.40. The molecule has 6 rings (SSSR count). The van der Waals surface area contributed by atoms with Crippen molar-refractivity contribution in [1.82, 2.24) is 10.9 Å². The molecule has 276 valence electrons. The highest BCUT2D eigenvalue weighted by Crippen LogP contribution is 2.43. The van der Waals surface area contributed by atoms with E-state index in [1.165, 1.54) is 0 Å². The van der Waals surface area contributed by atoms with E-state index >= 15 is 0 Å². The smallest absolute Gasteiger partial charge is 0.266 e. The van der Waals surface area contributed by atoms with Gasteiger partial charge in [0.25, 0.3) is 5.91 Å². The van der Waals surface area contributed by atoms with Crippen molar-refractivity contribution in [2.75, 3.05) is 27.4 Å². The lowest BCUT2D eigenvalue weighted by molar-refractivity contribution is -0.130. The average molecular weight is 727 g/mol. The normalized spacial score (nSPS) is 16.1. The third-order valence-electron chi connectivity index (χ3n) is 9.18. The summed E-state index contributed by atoms with van der Waals surface area (Å²) in [6.07, 6.45) is -0.209. The standard InChI is InChI=1S/C42H42N6O6/c1-51-37-22-13-29(25-38(37)52-2)27-44-47-41(50)42(26-34-11-6-7-12-35(34)28-45-48-43)39(32-16-14-31(15-17-32)30-9-4-3-5-10-30)54-40(46-42)33-18-20-36(21-19-33)53-24-8-23-49/h3-7,9-22,25,39,44,49H,8,23-24,26-28H2,1-2H3,(H,47,50)/t39-,42-/m0/s1. The maximum absolute atomic E-state index is 14.8. The van der Waals surface area contributed by atoms with Gasteiger partial charge in [0.2, 0.25) is 5.90 Å². The first kappa shape index (κ1) is 37.4. The maximum Gasteiger partial charge on any atom is 0.266 e. The Hall–Kier alpha value is -6.33. The number of hydrazine groups is 1. The SMILES string of the molecule is COc1ccc(CNNC(=O)[C@@]2(Cc3ccccc3CN=[N+]=[N-])N=C(c3ccc(OCCCO)cc3)O[C@H]2c2ccc(-c3ccccc3)cc2)cc1OC. The van der Waals surface area contributed by atoms with Crippen LogP contribution < -0.4 is 25.1 Å². The number of carbonyl (C=O) groups is 1. The van der Waals surface area contributed by atoms with Crippen LogP contribution in [0, 0.1) is 0 Å². The summed E-state index contributed by atoms with van der Waals surface area (Å²) in [5, 5.41) is 13.0. The number of hydrogen-bond donors (Lipinski definition) is 3. The summed E-state index contributed by atoms with van der Waals surface area (Å²) in [7, 11) is 3.15. The van der Waals surface area contributed by atoms with Gasteiger partial charge in [-0.05, 0) is 75.3 Å². The topological polar surface area (TPSA) is 159 Å². The third-order valence-corrected chi connectivity index (χ3v) is 9.18. The number of aliphatic hydroxyl groups is 1. The molecule has 1 aliphatic rings. The number of hydrogen-bond acceptors (Lipinski definition) is 9. The number of rotatable bonds is 17. The summed E-state index contributed by atoms with van der Waals surface area (Å²) < 4.78 is 23.3. The number of aliphatic imine (C=N–C) groups is 1. The number of azide groups is 1. The molecule has 0 spiro atoms. The number of aliphatic hydroxyl groups excluding tert-OH is 1. The van der Waals surface area contributed by atoms with Crippen molar-refractivity contribution in [3.63, 3.8) is 0 Å². The highest BCUT2D eigenvalue weighted by Gasteiger charge is 2.53. The Morgan fingerprint density at radius 1 is 0.870 bits per heavy atom. The summed E-state index contributed by atoms with van der Waals surface area (Å²) in [6.45, 7) is 0.799. The van der Waals surface area contributed by atoms with Crippen LogP contribution in [0.2, 0.25) is 0 Å².